The van der Waals surface area contributed by atoms with E-state index in [0.717, 1.165) is 18.2 Å². The van der Waals surface area contributed by atoms with E-state index in [-0.39, 0.29) is 57.4 Å². The van der Waals surface area contributed by atoms with Crippen molar-refractivity contribution in [2.24, 2.45) is 16.8 Å². The van der Waals surface area contributed by atoms with E-state index in [4.69, 9.17) is 16.3 Å². The van der Waals surface area contributed by atoms with Crippen LogP contribution in [0.4, 0.5) is 0 Å². The summed E-state index contributed by atoms with van der Waals surface area (Å²) in [7, 11) is -4.19. The average molecular weight is 594 g/mol. The molecule has 1 heterocycles. The van der Waals surface area contributed by atoms with E-state index in [1.165, 1.54) is 19.1 Å². The summed E-state index contributed by atoms with van der Waals surface area (Å²) in [4.78, 5) is 43.2. The van der Waals surface area contributed by atoms with Crippen LogP contribution in [0.25, 0.3) is 33.5 Å². The third kappa shape index (κ3) is 6.45. The van der Waals surface area contributed by atoms with Crippen LogP contribution >= 0.6 is 0 Å². The Bertz CT molecular complexity index is 1880. The molecule has 0 spiro atoms. The van der Waals surface area contributed by atoms with E-state index in [9.17, 15) is 38.1 Å². The third-order valence-electron chi connectivity index (χ3n) is 6.56. The summed E-state index contributed by atoms with van der Waals surface area (Å²) in [5.74, 6) is -4.24. The van der Waals surface area contributed by atoms with Gasteiger partial charge < -0.3 is 30.8 Å². The molecule has 0 aliphatic heterocycles. The number of amidine groups is 1. The van der Waals surface area contributed by atoms with Crippen LogP contribution in [0.3, 0.4) is 0 Å². The molecule has 1 aromatic heterocycles. The summed E-state index contributed by atoms with van der Waals surface area (Å²) in [5, 5.41) is 44.3. The topological polar surface area (TPSA) is 251 Å². The first-order chi connectivity index (χ1) is 19.6. The van der Waals surface area contributed by atoms with Gasteiger partial charge in [-0.15, -0.1) is 0 Å². The Morgan fingerprint density at radius 2 is 1.69 bits per heavy atom. The number of benzene rings is 3. The SMILES string of the molecule is CC(=O)C[C@H](CC(=O)Cc1cc(-c2nc3ccc(C(=N)N)cc3[nH]2)c(O)c(-c2cc(S(N)(=O)=O)ccc2O)c1)C(=O)O. The summed E-state index contributed by atoms with van der Waals surface area (Å²) in [6.07, 6.45) is -1.06. The van der Waals surface area contributed by atoms with Gasteiger partial charge in [-0.25, -0.2) is 18.5 Å². The summed E-state index contributed by atoms with van der Waals surface area (Å²) in [5.41, 5.74) is 7.14. The maximum Gasteiger partial charge on any atom is 0.307 e. The van der Waals surface area contributed by atoms with Crippen LogP contribution in [-0.2, 0) is 30.8 Å². The number of aliphatic carboxylic acids is 1. The maximum absolute atomic E-state index is 12.9. The number of Topliss-reactive ketones (excluding diaryl/α,β-unsaturated/α-hetero) is 2. The van der Waals surface area contributed by atoms with Crippen LogP contribution in [0.2, 0.25) is 0 Å². The number of nitrogens with one attached hydrogen (secondary N) is 2. The Labute approximate surface area is 239 Å². The molecule has 0 bridgehead atoms. The second-order valence-corrected chi connectivity index (χ2v) is 11.4. The monoisotopic (exact) mass is 593 g/mol. The van der Waals surface area contributed by atoms with Gasteiger partial charge in [-0.2, -0.15) is 0 Å². The fraction of sp³-hybridized carbons (Fsp3) is 0.179. The van der Waals surface area contributed by atoms with Gasteiger partial charge in [0.05, 0.1) is 27.4 Å². The molecule has 0 amide bonds. The number of rotatable bonds is 11. The largest absolute Gasteiger partial charge is 0.507 e. The molecule has 0 saturated carbocycles. The van der Waals surface area contributed by atoms with Gasteiger partial charge in [-0.3, -0.25) is 15.0 Å². The number of hydrogen-bond donors (Lipinski definition) is 7. The van der Waals surface area contributed by atoms with Gasteiger partial charge in [-0.1, -0.05) is 0 Å². The first kappa shape index (κ1) is 29.9. The molecule has 42 heavy (non-hydrogen) atoms. The average Bonchev–Trinajstić information content (AvgIpc) is 3.32. The predicted molar refractivity (Wildman–Crippen MR) is 152 cm³/mol. The molecular weight excluding hydrogens is 566 g/mol. The van der Waals surface area contributed by atoms with Gasteiger partial charge in [-0.05, 0) is 61.0 Å². The van der Waals surface area contributed by atoms with E-state index < -0.39 is 45.6 Å². The van der Waals surface area contributed by atoms with Crippen molar-refractivity contribution in [1.82, 2.24) is 9.97 Å². The number of nitrogens with two attached hydrogens (primary N) is 2. The highest BCUT2D eigenvalue weighted by Crippen LogP contribution is 2.43. The molecular formula is C28H27N5O8S. The number of nitrogen functional groups attached to an aromatic ring is 1. The normalized spacial score (nSPS) is 12.2. The van der Waals surface area contributed by atoms with E-state index in [1.807, 2.05) is 0 Å². The number of primary sulfonamides is 1. The second-order valence-electron chi connectivity index (χ2n) is 9.86. The predicted octanol–water partition coefficient (Wildman–Crippen LogP) is 2.42. The van der Waals surface area contributed by atoms with Crippen LogP contribution < -0.4 is 10.9 Å². The molecule has 0 radical (unpaired) electrons. The van der Waals surface area contributed by atoms with Gasteiger partial charge in [0.15, 0.2) is 0 Å². The number of carbonyl (C=O) groups is 3. The Kier molecular flexibility index (Phi) is 8.13. The molecule has 218 valence electrons. The Morgan fingerprint density at radius 1 is 1.00 bits per heavy atom. The van der Waals surface area contributed by atoms with Crippen molar-refractivity contribution in [3.8, 4) is 34.0 Å². The standard InChI is InChI=1S/C28H27N5O8S/c1-13(34)6-16(28(38)39)10-17(35)7-14-8-20(19-12-18(42(31,40)41)3-5-24(19)36)25(37)21(9-14)27-32-22-4-2-15(26(29)30)11-23(22)33-27/h2-5,8-9,11-12,16,36-37H,6-7,10H2,1H3,(H3,29,30)(H,32,33)(H,38,39)(H2,31,40,41)/t16-/m1/s1. The molecule has 0 saturated heterocycles. The number of nitrogens with zero attached hydrogens (tertiary/aromatic N) is 1. The highest BCUT2D eigenvalue weighted by molar-refractivity contribution is 7.89. The smallest absolute Gasteiger partial charge is 0.307 e. The number of hydrogen-bond acceptors (Lipinski definition) is 9. The fourth-order valence-corrected chi connectivity index (χ4v) is 5.10. The lowest BCUT2D eigenvalue weighted by Crippen LogP contribution is -2.21. The van der Waals surface area contributed by atoms with E-state index in [0.29, 0.717) is 16.6 Å². The van der Waals surface area contributed by atoms with E-state index in [2.05, 4.69) is 9.97 Å². The quantitative estimate of drug-likeness (QED) is 0.0987. The molecule has 9 N–H and O–H groups in total. The van der Waals surface area contributed by atoms with Gasteiger partial charge in [0.2, 0.25) is 10.0 Å². The molecule has 1 atom stereocenters. The fourth-order valence-electron chi connectivity index (χ4n) is 4.56. The minimum atomic E-state index is -4.19. The molecule has 0 aliphatic rings. The molecule has 3 aromatic carbocycles. The maximum atomic E-state index is 12.9. The summed E-state index contributed by atoms with van der Waals surface area (Å²) >= 11 is 0. The number of aromatic hydroxyl groups is 2. The number of imidazole rings is 1. The Hall–Kier alpha value is -5.08. The molecule has 0 unspecified atom stereocenters. The summed E-state index contributed by atoms with van der Waals surface area (Å²) in [6.45, 7) is 1.23. The Balaban J connectivity index is 1.87. The van der Waals surface area contributed by atoms with Crippen molar-refractivity contribution in [3.05, 3.63) is 59.7 Å². The van der Waals surface area contributed by atoms with E-state index >= 15 is 0 Å². The van der Waals surface area contributed by atoms with Crippen LogP contribution in [0, 0.1) is 11.3 Å². The molecule has 0 aliphatic carbocycles. The number of carboxylic acid groups (broad SMARTS) is 1. The van der Waals surface area contributed by atoms with Crippen LogP contribution in [0.15, 0.2) is 53.4 Å². The second kappa shape index (κ2) is 11.4. The third-order valence-corrected chi connectivity index (χ3v) is 7.47. The highest BCUT2D eigenvalue weighted by atomic mass is 32.2. The van der Waals surface area contributed by atoms with Crippen LogP contribution in [-0.4, -0.2) is 57.1 Å². The molecule has 4 rings (SSSR count). The van der Waals surface area contributed by atoms with Gasteiger partial charge in [0.1, 0.15) is 34.7 Å². The number of ketones is 2. The van der Waals surface area contributed by atoms with Crippen LogP contribution in [0.5, 0.6) is 11.5 Å². The first-order valence-corrected chi connectivity index (χ1v) is 14.0. The van der Waals surface area contributed by atoms with E-state index in [1.54, 1.807) is 18.2 Å². The Morgan fingerprint density at radius 3 is 2.31 bits per heavy atom. The number of carboxylic acids is 1. The van der Waals surface area contributed by atoms with Crippen molar-refractivity contribution in [1.29, 1.82) is 5.41 Å². The number of phenolic OH excluding ortho intramolecular Hbond substituents is 2. The molecule has 4 aromatic rings. The number of phenols is 2. The highest BCUT2D eigenvalue weighted by Gasteiger charge is 2.25. The number of carbonyl (C=O) groups excluding carboxylic acids is 2. The van der Waals surface area contributed by atoms with Gasteiger partial charge in [0, 0.05) is 36.0 Å². The van der Waals surface area contributed by atoms with Gasteiger partial charge >= 0.3 is 5.97 Å². The number of sulfonamides is 1. The van der Waals surface area contributed by atoms with Crippen molar-refractivity contribution >= 4 is 44.4 Å². The number of fused-ring (bicyclic) bond motifs is 1. The molecule has 0 fully saturated rings. The van der Waals surface area contributed by atoms with Crippen LogP contribution in [0.1, 0.15) is 30.9 Å². The van der Waals surface area contributed by atoms with Crippen molar-refractivity contribution in [2.45, 2.75) is 31.1 Å². The minimum Gasteiger partial charge on any atom is -0.507 e. The van der Waals surface area contributed by atoms with Crippen molar-refractivity contribution in [3.63, 3.8) is 0 Å². The zero-order chi connectivity index (χ0) is 30.9. The number of H-pyrrole nitrogens is 1. The van der Waals surface area contributed by atoms with Crippen molar-refractivity contribution < 1.29 is 38.1 Å². The minimum absolute atomic E-state index is 0.0540. The summed E-state index contributed by atoms with van der Waals surface area (Å²) in [6, 6.07) is 10.8. The molecule has 13 nitrogen and oxygen atoms in total. The number of aromatic amines is 1. The first-order valence-electron chi connectivity index (χ1n) is 12.4. The van der Waals surface area contributed by atoms with Crippen molar-refractivity contribution in [2.75, 3.05) is 0 Å². The number of aromatic nitrogens is 2. The van der Waals surface area contributed by atoms with Gasteiger partial charge in [0.25, 0.3) is 0 Å². The lowest BCUT2D eigenvalue weighted by molar-refractivity contribution is -0.145. The lowest BCUT2D eigenvalue weighted by atomic mass is 9.91. The summed E-state index contributed by atoms with van der Waals surface area (Å²) < 4.78 is 24.0. The zero-order valence-corrected chi connectivity index (χ0v) is 23.0. The molecule has 14 heteroatoms. The lowest BCUT2D eigenvalue weighted by Gasteiger charge is -2.15. The zero-order valence-electron chi connectivity index (χ0n) is 22.2.